The van der Waals surface area contributed by atoms with Crippen LogP contribution in [0.15, 0.2) is 85.5 Å². The van der Waals surface area contributed by atoms with Crippen LogP contribution in [-0.4, -0.2) is 21.3 Å². The maximum absolute atomic E-state index is 10.8. The fraction of sp³-hybridized carbons (Fsp3) is 0.179. The van der Waals surface area contributed by atoms with Gasteiger partial charge in [-0.3, -0.25) is 4.57 Å². The summed E-state index contributed by atoms with van der Waals surface area (Å²) in [6, 6.07) is 21.0. The Labute approximate surface area is 194 Å². The lowest BCUT2D eigenvalue weighted by Gasteiger charge is -2.18. The molecule has 5 rings (SSSR count). The molecule has 0 aliphatic carbocycles. The molecule has 166 valence electrons. The van der Waals surface area contributed by atoms with Crippen molar-refractivity contribution in [2.45, 2.75) is 26.7 Å². The number of para-hydroxylation sites is 1. The van der Waals surface area contributed by atoms with Gasteiger partial charge in [0, 0.05) is 36.0 Å². The van der Waals surface area contributed by atoms with Crippen LogP contribution in [0, 0.1) is 13.8 Å². The van der Waals surface area contributed by atoms with E-state index in [2.05, 4.69) is 71.2 Å². The highest BCUT2D eigenvalue weighted by molar-refractivity contribution is 5.64. The molecule has 4 aromatic rings. The second-order valence-electron chi connectivity index (χ2n) is 8.60. The summed E-state index contributed by atoms with van der Waals surface area (Å²) in [7, 11) is 0. The maximum atomic E-state index is 10.8. The summed E-state index contributed by atoms with van der Waals surface area (Å²) in [6.07, 6.45) is 9.30. The summed E-state index contributed by atoms with van der Waals surface area (Å²) in [5.74, 6) is 1.28. The van der Waals surface area contributed by atoms with Gasteiger partial charge in [0.05, 0.1) is 12.4 Å². The highest BCUT2D eigenvalue weighted by Crippen LogP contribution is 2.32. The van der Waals surface area contributed by atoms with E-state index in [1.165, 1.54) is 16.7 Å². The topological polar surface area (TPSA) is 53.3 Å². The van der Waals surface area contributed by atoms with Gasteiger partial charge in [-0.25, -0.2) is 4.98 Å². The SMILES string of the molecule is Cc1cc(C)cc(-n2ccnc2-c2cccc(CCc3cccc(N4C=CNC4)c3O)c2)c1. The lowest BCUT2D eigenvalue weighted by molar-refractivity contribution is 0.468. The number of nitrogens with zero attached hydrogens (tertiary/aromatic N) is 3. The van der Waals surface area contributed by atoms with Crippen LogP contribution < -0.4 is 10.2 Å². The van der Waals surface area contributed by atoms with Crippen LogP contribution in [0.1, 0.15) is 22.3 Å². The van der Waals surface area contributed by atoms with E-state index in [4.69, 9.17) is 0 Å². The Hall–Kier alpha value is -3.99. The highest BCUT2D eigenvalue weighted by atomic mass is 16.3. The van der Waals surface area contributed by atoms with Crippen molar-refractivity contribution in [3.63, 3.8) is 0 Å². The van der Waals surface area contributed by atoms with Crippen molar-refractivity contribution in [3.05, 3.63) is 108 Å². The van der Waals surface area contributed by atoms with Gasteiger partial charge in [0.1, 0.15) is 11.6 Å². The molecule has 33 heavy (non-hydrogen) atoms. The zero-order valence-electron chi connectivity index (χ0n) is 19.0. The molecule has 5 nitrogen and oxygen atoms in total. The third kappa shape index (κ3) is 4.35. The maximum Gasteiger partial charge on any atom is 0.144 e. The van der Waals surface area contributed by atoms with Crippen LogP contribution in [0.4, 0.5) is 5.69 Å². The number of phenols is 1. The molecule has 0 bridgehead atoms. The summed E-state index contributed by atoms with van der Waals surface area (Å²) in [5, 5.41) is 14.0. The summed E-state index contributed by atoms with van der Waals surface area (Å²) in [5.41, 5.74) is 7.68. The lowest BCUT2D eigenvalue weighted by Crippen LogP contribution is -2.19. The third-order valence-electron chi connectivity index (χ3n) is 6.04. The number of imidazole rings is 1. The van der Waals surface area contributed by atoms with Crippen molar-refractivity contribution in [2.24, 2.45) is 0 Å². The number of benzene rings is 3. The van der Waals surface area contributed by atoms with E-state index in [0.717, 1.165) is 41.2 Å². The predicted octanol–water partition coefficient (Wildman–Crippen LogP) is 5.49. The molecule has 0 saturated heterocycles. The first-order valence-corrected chi connectivity index (χ1v) is 11.3. The molecule has 2 heterocycles. The van der Waals surface area contributed by atoms with Crippen molar-refractivity contribution >= 4 is 5.69 Å². The molecular weight excluding hydrogens is 408 g/mol. The van der Waals surface area contributed by atoms with E-state index in [-0.39, 0.29) is 0 Å². The van der Waals surface area contributed by atoms with Gasteiger partial charge in [-0.15, -0.1) is 0 Å². The van der Waals surface area contributed by atoms with Crippen molar-refractivity contribution in [2.75, 3.05) is 11.6 Å². The zero-order valence-corrected chi connectivity index (χ0v) is 19.0. The molecule has 5 heteroatoms. The minimum atomic E-state index is 0.354. The smallest absolute Gasteiger partial charge is 0.144 e. The van der Waals surface area contributed by atoms with Gasteiger partial charge in [0.2, 0.25) is 0 Å². The minimum Gasteiger partial charge on any atom is -0.505 e. The van der Waals surface area contributed by atoms with Gasteiger partial charge in [-0.2, -0.15) is 0 Å². The average Bonchev–Trinajstić information content (AvgIpc) is 3.50. The average molecular weight is 437 g/mol. The Balaban J connectivity index is 1.38. The molecule has 1 aromatic heterocycles. The predicted molar refractivity (Wildman–Crippen MR) is 134 cm³/mol. The number of anilines is 1. The molecule has 0 unspecified atom stereocenters. The summed E-state index contributed by atoms with van der Waals surface area (Å²) >= 11 is 0. The monoisotopic (exact) mass is 436 g/mol. The zero-order chi connectivity index (χ0) is 22.8. The second kappa shape index (κ2) is 8.87. The number of aromatic hydroxyl groups is 1. The van der Waals surface area contributed by atoms with E-state index in [1.807, 2.05) is 47.9 Å². The Morgan fingerprint density at radius 2 is 1.79 bits per heavy atom. The van der Waals surface area contributed by atoms with Crippen LogP contribution in [0.3, 0.4) is 0 Å². The van der Waals surface area contributed by atoms with E-state index >= 15 is 0 Å². The highest BCUT2D eigenvalue weighted by Gasteiger charge is 2.14. The molecule has 0 atom stereocenters. The van der Waals surface area contributed by atoms with Gasteiger partial charge in [0.15, 0.2) is 0 Å². The fourth-order valence-electron chi connectivity index (χ4n) is 4.48. The van der Waals surface area contributed by atoms with Gasteiger partial charge < -0.3 is 15.3 Å². The summed E-state index contributed by atoms with van der Waals surface area (Å²) < 4.78 is 2.14. The Morgan fingerprint density at radius 3 is 2.58 bits per heavy atom. The normalized spacial score (nSPS) is 12.8. The van der Waals surface area contributed by atoms with Crippen molar-refractivity contribution in [3.8, 4) is 22.8 Å². The number of hydrogen-bond donors (Lipinski definition) is 2. The molecular formula is C28H28N4O. The third-order valence-corrected chi connectivity index (χ3v) is 6.04. The molecule has 0 spiro atoms. The van der Waals surface area contributed by atoms with Crippen LogP contribution >= 0.6 is 0 Å². The minimum absolute atomic E-state index is 0.354. The molecule has 1 aliphatic heterocycles. The number of aryl methyl sites for hydroxylation is 4. The first-order valence-electron chi connectivity index (χ1n) is 11.3. The Kier molecular flexibility index (Phi) is 5.61. The standard InChI is InChI=1S/C28H28N4O/c1-20-15-21(2)17-25(16-20)32-14-12-30-28(32)24-7-3-5-22(18-24)9-10-23-6-4-8-26(27(23)33)31-13-11-29-19-31/h3-8,11-18,29,33H,9-10,19H2,1-2H3. The number of hydrogen-bond acceptors (Lipinski definition) is 4. The second-order valence-corrected chi connectivity index (χ2v) is 8.60. The van der Waals surface area contributed by atoms with E-state index < -0.39 is 0 Å². The van der Waals surface area contributed by atoms with Gasteiger partial charge in [-0.05, 0) is 73.2 Å². The first-order chi connectivity index (χ1) is 16.1. The summed E-state index contributed by atoms with van der Waals surface area (Å²) in [4.78, 5) is 6.66. The molecule has 2 N–H and O–H groups in total. The number of aromatic nitrogens is 2. The van der Waals surface area contributed by atoms with Gasteiger partial charge in [0.25, 0.3) is 0 Å². The Morgan fingerprint density at radius 1 is 0.970 bits per heavy atom. The van der Waals surface area contributed by atoms with Crippen LogP contribution in [-0.2, 0) is 12.8 Å². The van der Waals surface area contributed by atoms with Crippen LogP contribution in [0.5, 0.6) is 5.75 Å². The van der Waals surface area contributed by atoms with Crippen molar-refractivity contribution < 1.29 is 5.11 Å². The van der Waals surface area contributed by atoms with Crippen LogP contribution in [0.2, 0.25) is 0 Å². The molecule has 1 aliphatic rings. The van der Waals surface area contributed by atoms with Gasteiger partial charge >= 0.3 is 0 Å². The fourth-order valence-corrected chi connectivity index (χ4v) is 4.48. The van der Waals surface area contributed by atoms with Crippen LogP contribution in [0.25, 0.3) is 17.1 Å². The van der Waals surface area contributed by atoms with Crippen molar-refractivity contribution in [1.82, 2.24) is 14.9 Å². The summed E-state index contributed by atoms with van der Waals surface area (Å²) in [6.45, 7) is 4.91. The molecule has 0 saturated carbocycles. The number of nitrogens with one attached hydrogen (secondary N) is 1. The molecule has 3 aromatic carbocycles. The lowest BCUT2D eigenvalue weighted by atomic mass is 10.0. The molecule has 0 radical (unpaired) electrons. The molecule has 0 amide bonds. The quantitative estimate of drug-likeness (QED) is 0.420. The van der Waals surface area contributed by atoms with E-state index in [1.54, 1.807) is 0 Å². The van der Waals surface area contributed by atoms with E-state index in [9.17, 15) is 5.11 Å². The largest absolute Gasteiger partial charge is 0.505 e. The van der Waals surface area contributed by atoms with Gasteiger partial charge in [-0.1, -0.05) is 36.4 Å². The molecule has 0 fully saturated rings. The number of rotatable bonds is 6. The first kappa shape index (κ1) is 20.9. The number of phenolic OH excluding ortho intramolecular Hbond substituents is 1. The van der Waals surface area contributed by atoms with E-state index in [0.29, 0.717) is 12.4 Å². The Bertz CT molecular complexity index is 1300. The van der Waals surface area contributed by atoms with Crippen molar-refractivity contribution in [1.29, 1.82) is 0 Å².